The van der Waals surface area contributed by atoms with Crippen molar-refractivity contribution in [1.82, 2.24) is 15.0 Å². The number of carboxylic acids is 1. The van der Waals surface area contributed by atoms with Crippen LogP contribution >= 0.6 is 0 Å². The van der Waals surface area contributed by atoms with Gasteiger partial charge in [-0.1, -0.05) is 0 Å². The van der Waals surface area contributed by atoms with Crippen molar-refractivity contribution < 1.29 is 9.90 Å². The maximum absolute atomic E-state index is 10.8. The quantitative estimate of drug-likeness (QED) is 0.870. The van der Waals surface area contributed by atoms with Crippen LogP contribution in [0.5, 0.6) is 0 Å². The maximum Gasteiger partial charge on any atom is 0.354 e. The molecule has 0 bridgehead atoms. The Kier molecular flexibility index (Phi) is 3.47. The van der Waals surface area contributed by atoms with E-state index in [0.717, 1.165) is 5.56 Å². The molecule has 0 radical (unpaired) electrons. The third kappa shape index (κ3) is 2.79. The van der Waals surface area contributed by atoms with E-state index in [9.17, 15) is 4.79 Å². The summed E-state index contributed by atoms with van der Waals surface area (Å²) in [6.45, 7) is 0.589. The molecule has 0 amide bonds. The number of hydrogen-bond acceptors (Lipinski definition) is 5. The predicted molar refractivity (Wildman–Crippen MR) is 65.3 cm³/mol. The van der Waals surface area contributed by atoms with E-state index in [1.807, 2.05) is 12.1 Å². The topological polar surface area (TPSA) is 79.2 Å². The predicted octanol–water partition coefficient (Wildman–Crippen LogP) is 1.21. The van der Waals surface area contributed by atoms with Crippen LogP contribution in [0, 0.1) is 0 Å². The summed E-state index contributed by atoms with van der Waals surface area (Å²) in [5.41, 5.74) is 1.04. The Morgan fingerprint density at radius 2 is 2.00 bits per heavy atom. The van der Waals surface area contributed by atoms with Crippen molar-refractivity contribution in [2.75, 3.05) is 11.9 Å². The monoisotopic (exact) mass is 244 g/mol. The van der Waals surface area contributed by atoms with Gasteiger partial charge in [-0.25, -0.2) is 14.8 Å². The van der Waals surface area contributed by atoms with E-state index in [1.54, 1.807) is 24.3 Å². The normalized spacial score (nSPS) is 10.1. The zero-order chi connectivity index (χ0) is 13.0. The number of carboxylic acid groups (broad SMARTS) is 1. The number of aromatic nitrogens is 3. The SMILES string of the molecule is CN(Cc1ccncc1)c1nccc(C(=O)O)n1. The molecule has 0 unspecified atom stereocenters. The highest BCUT2D eigenvalue weighted by atomic mass is 16.4. The molecule has 6 nitrogen and oxygen atoms in total. The largest absolute Gasteiger partial charge is 0.477 e. The Bertz CT molecular complexity index is 545. The van der Waals surface area contributed by atoms with Crippen LogP contribution in [0.2, 0.25) is 0 Å². The molecule has 0 saturated heterocycles. The van der Waals surface area contributed by atoms with Gasteiger partial charge in [0.1, 0.15) is 0 Å². The smallest absolute Gasteiger partial charge is 0.354 e. The van der Waals surface area contributed by atoms with E-state index in [0.29, 0.717) is 12.5 Å². The highest BCUT2D eigenvalue weighted by molar-refractivity contribution is 5.85. The number of hydrogen-bond donors (Lipinski definition) is 1. The summed E-state index contributed by atoms with van der Waals surface area (Å²) in [6, 6.07) is 5.14. The summed E-state index contributed by atoms with van der Waals surface area (Å²) in [7, 11) is 1.81. The van der Waals surface area contributed by atoms with Gasteiger partial charge in [0, 0.05) is 32.2 Å². The molecule has 2 heterocycles. The molecule has 0 aliphatic carbocycles. The first-order valence-corrected chi connectivity index (χ1v) is 5.33. The Hall–Kier alpha value is -2.50. The van der Waals surface area contributed by atoms with E-state index >= 15 is 0 Å². The number of aromatic carboxylic acids is 1. The van der Waals surface area contributed by atoms with E-state index in [2.05, 4.69) is 15.0 Å². The minimum absolute atomic E-state index is 0.0124. The molecule has 0 fully saturated rings. The molecule has 18 heavy (non-hydrogen) atoms. The Morgan fingerprint density at radius 1 is 1.28 bits per heavy atom. The third-order valence-corrected chi connectivity index (χ3v) is 2.37. The fraction of sp³-hybridized carbons (Fsp3) is 0.167. The molecule has 2 aromatic heterocycles. The van der Waals surface area contributed by atoms with Crippen LogP contribution in [0.15, 0.2) is 36.8 Å². The van der Waals surface area contributed by atoms with Gasteiger partial charge in [-0.15, -0.1) is 0 Å². The molecule has 2 rings (SSSR count). The van der Waals surface area contributed by atoms with Gasteiger partial charge in [-0.3, -0.25) is 4.98 Å². The summed E-state index contributed by atoms with van der Waals surface area (Å²) in [5.74, 6) is -0.678. The van der Waals surface area contributed by atoms with Gasteiger partial charge in [0.05, 0.1) is 0 Å². The standard InChI is InChI=1S/C12H12N4O2/c1-16(8-9-2-5-13-6-3-9)12-14-7-4-10(15-12)11(17)18/h2-7H,8H2,1H3,(H,17,18). The van der Waals surface area contributed by atoms with Crippen LogP contribution in [0.3, 0.4) is 0 Å². The number of pyridine rings is 1. The number of rotatable bonds is 4. The zero-order valence-corrected chi connectivity index (χ0v) is 9.82. The van der Waals surface area contributed by atoms with Crippen molar-refractivity contribution in [2.45, 2.75) is 6.54 Å². The summed E-state index contributed by atoms with van der Waals surface area (Å²) in [5, 5.41) is 8.86. The van der Waals surface area contributed by atoms with Crippen LogP contribution in [-0.4, -0.2) is 33.1 Å². The second kappa shape index (κ2) is 5.22. The van der Waals surface area contributed by atoms with Gasteiger partial charge in [-0.05, 0) is 23.8 Å². The summed E-state index contributed by atoms with van der Waals surface area (Å²) in [4.78, 5) is 24.6. The minimum Gasteiger partial charge on any atom is -0.477 e. The number of nitrogens with zero attached hydrogens (tertiary/aromatic N) is 4. The van der Waals surface area contributed by atoms with Crippen LogP contribution in [0.4, 0.5) is 5.95 Å². The molecular weight excluding hydrogens is 232 g/mol. The van der Waals surface area contributed by atoms with Crippen molar-refractivity contribution in [1.29, 1.82) is 0 Å². The summed E-state index contributed by atoms with van der Waals surface area (Å²) >= 11 is 0. The molecule has 0 aromatic carbocycles. The summed E-state index contributed by atoms with van der Waals surface area (Å²) < 4.78 is 0. The van der Waals surface area contributed by atoms with Gasteiger partial charge >= 0.3 is 5.97 Å². The van der Waals surface area contributed by atoms with Crippen molar-refractivity contribution in [3.05, 3.63) is 48.0 Å². The molecule has 0 saturated carbocycles. The number of carbonyl (C=O) groups is 1. The average molecular weight is 244 g/mol. The third-order valence-electron chi connectivity index (χ3n) is 2.37. The minimum atomic E-state index is -1.06. The first kappa shape index (κ1) is 12.0. The summed E-state index contributed by atoms with van der Waals surface area (Å²) in [6.07, 6.45) is 4.85. The maximum atomic E-state index is 10.8. The first-order valence-electron chi connectivity index (χ1n) is 5.33. The molecule has 2 aromatic rings. The second-order valence-corrected chi connectivity index (χ2v) is 3.76. The second-order valence-electron chi connectivity index (χ2n) is 3.76. The Labute approximate surface area is 104 Å². The van der Waals surface area contributed by atoms with E-state index in [1.165, 1.54) is 12.3 Å². The number of anilines is 1. The Balaban J connectivity index is 2.16. The fourth-order valence-electron chi connectivity index (χ4n) is 1.48. The van der Waals surface area contributed by atoms with Gasteiger partial charge in [0.25, 0.3) is 0 Å². The zero-order valence-electron chi connectivity index (χ0n) is 9.82. The van der Waals surface area contributed by atoms with Crippen LogP contribution < -0.4 is 4.90 Å². The Morgan fingerprint density at radius 3 is 2.67 bits per heavy atom. The lowest BCUT2D eigenvalue weighted by molar-refractivity contribution is 0.0690. The molecule has 0 atom stereocenters. The fourth-order valence-corrected chi connectivity index (χ4v) is 1.48. The van der Waals surface area contributed by atoms with Crippen molar-refractivity contribution in [3.63, 3.8) is 0 Å². The molecule has 0 aliphatic rings. The van der Waals surface area contributed by atoms with Crippen LogP contribution in [0.25, 0.3) is 0 Å². The lowest BCUT2D eigenvalue weighted by Crippen LogP contribution is -2.20. The highest BCUT2D eigenvalue weighted by Gasteiger charge is 2.09. The van der Waals surface area contributed by atoms with E-state index in [-0.39, 0.29) is 5.69 Å². The molecule has 92 valence electrons. The van der Waals surface area contributed by atoms with Gasteiger partial charge in [0.15, 0.2) is 5.69 Å². The van der Waals surface area contributed by atoms with Crippen molar-refractivity contribution >= 4 is 11.9 Å². The van der Waals surface area contributed by atoms with E-state index < -0.39 is 5.97 Å². The molecule has 1 N–H and O–H groups in total. The van der Waals surface area contributed by atoms with E-state index in [4.69, 9.17) is 5.11 Å². The van der Waals surface area contributed by atoms with Gasteiger partial charge in [-0.2, -0.15) is 0 Å². The van der Waals surface area contributed by atoms with Crippen molar-refractivity contribution in [3.8, 4) is 0 Å². The van der Waals surface area contributed by atoms with Gasteiger partial charge in [0.2, 0.25) is 5.95 Å². The average Bonchev–Trinajstić information content (AvgIpc) is 2.40. The molecular formula is C12H12N4O2. The lowest BCUT2D eigenvalue weighted by atomic mass is 10.2. The molecule has 0 aliphatic heterocycles. The molecule has 6 heteroatoms. The lowest BCUT2D eigenvalue weighted by Gasteiger charge is -2.16. The first-order chi connectivity index (χ1) is 8.66. The molecule has 0 spiro atoms. The van der Waals surface area contributed by atoms with Gasteiger partial charge < -0.3 is 10.0 Å². The highest BCUT2D eigenvalue weighted by Crippen LogP contribution is 2.09. The van der Waals surface area contributed by atoms with Crippen LogP contribution in [-0.2, 0) is 6.54 Å². The van der Waals surface area contributed by atoms with Crippen LogP contribution in [0.1, 0.15) is 16.1 Å². The van der Waals surface area contributed by atoms with Crippen molar-refractivity contribution in [2.24, 2.45) is 0 Å².